The summed E-state index contributed by atoms with van der Waals surface area (Å²) in [5.74, 6) is -1.78. The third kappa shape index (κ3) is 44.0. The molecule has 0 aliphatic rings. The van der Waals surface area contributed by atoms with E-state index in [1.54, 1.807) is 21.1 Å². The van der Waals surface area contributed by atoms with Crippen molar-refractivity contribution < 1.29 is 38.2 Å². The Labute approximate surface area is 393 Å². The van der Waals surface area contributed by atoms with Gasteiger partial charge in [-0.1, -0.05) is 183 Å². The first kappa shape index (κ1) is 60.8. The predicted octanol–water partition coefficient (Wildman–Crippen LogP) is 13.8. The normalized spacial score (nSPS) is 13.5. The van der Waals surface area contributed by atoms with Crippen LogP contribution < -0.4 is 5.11 Å². The van der Waals surface area contributed by atoms with Crippen molar-refractivity contribution in [2.75, 3.05) is 41.0 Å². The van der Waals surface area contributed by atoms with E-state index in [4.69, 9.17) is 14.2 Å². The first-order valence-electron chi connectivity index (χ1n) is 26.0. The number of carboxylic acids is 1. The summed E-state index contributed by atoms with van der Waals surface area (Å²) in [6, 6.07) is -0.737. The van der Waals surface area contributed by atoms with Crippen molar-refractivity contribution in [1.29, 1.82) is 0 Å². The third-order valence-electron chi connectivity index (χ3n) is 11.3. The van der Waals surface area contributed by atoms with E-state index in [2.05, 4.69) is 86.8 Å². The molecule has 0 aromatic rings. The number of nitrogens with zero attached hydrogens (tertiary/aromatic N) is 1. The molecule has 0 N–H and O–H groups in total. The average molecular weight is 896 g/mol. The Balaban J connectivity index is 4.31. The molecule has 0 saturated carbocycles. The third-order valence-corrected chi connectivity index (χ3v) is 11.3. The summed E-state index contributed by atoms with van der Waals surface area (Å²) in [7, 11) is 5.40. The number of allylic oxidation sites excluding steroid dienone is 12. The smallest absolute Gasteiger partial charge is 0.306 e. The Hall–Kier alpha value is -3.23. The minimum absolute atomic E-state index is 0.0230. The molecule has 0 fully saturated rings. The first-order valence-corrected chi connectivity index (χ1v) is 26.0. The van der Waals surface area contributed by atoms with Gasteiger partial charge in [-0.15, -0.1) is 0 Å². The van der Waals surface area contributed by atoms with Crippen LogP contribution in [0, 0.1) is 0 Å². The summed E-state index contributed by atoms with van der Waals surface area (Å²) in [6.45, 7) is 4.52. The number of ether oxygens (including phenoxy) is 3. The fraction of sp³-hybridized carbons (Fsp3) is 0.732. The summed E-state index contributed by atoms with van der Waals surface area (Å²) < 4.78 is 17.2. The predicted molar refractivity (Wildman–Crippen MR) is 268 cm³/mol. The Bertz CT molecular complexity index is 1270. The SMILES string of the molecule is CC/C=C/C/C=C/C/C=C/C/C=C/C/C=C/CCCCCC(=O)OC(COCCC(C(=O)[O-])[N+](C)(C)C)COC(=O)CCCCCCCCC/C=C/CCCCCCCCCCCC. The average Bonchev–Trinajstić information content (AvgIpc) is 3.26. The topological polar surface area (TPSA) is 102 Å². The number of carbonyl (C=O) groups excluding carboxylic acids is 3. The van der Waals surface area contributed by atoms with E-state index in [1.165, 1.54) is 103 Å². The maximum Gasteiger partial charge on any atom is 0.306 e. The van der Waals surface area contributed by atoms with Crippen LogP contribution in [0.2, 0.25) is 0 Å². The number of hydrogen-bond donors (Lipinski definition) is 0. The molecule has 0 aromatic heterocycles. The van der Waals surface area contributed by atoms with Crippen molar-refractivity contribution in [2.45, 2.75) is 225 Å². The van der Waals surface area contributed by atoms with E-state index in [0.29, 0.717) is 12.8 Å². The molecule has 0 rings (SSSR count). The zero-order chi connectivity index (χ0) is 47.0. The molecule has 0 aromatic carbocycles. The molecule has 0 saturated heterocycles. The van der Waals surface area contributed by atoms with Gasteiger partial charge < -0.3 is 28.6 Å². The van der Waals surface area contributed by atoms with Gasteiger partial charge in [-0.25, -0.2) is 0 Å². The molecule has 0 aliphatic carbocycles. The number of quaternary nitrogens is 1. The van der Waals surface area contributed by atoms with Crippen molar-refractivity contribution >= 4 is 17.9 Å². The number of likely N-dealkylation sites (N-methyl/N-ethyl adjacent to an activating group) is 1. The van der Waals surface area contributed by atoms with E-state index in [9.17, 15) is 19.5 Å². The van der Waals surface area contributed by atoms with Gasteiger partial charge in [0.2, 0.25) is 0 Å². The molecule has 2 unspecified atom stereocenters. The van der Waals surface area contributed by atoms with E-state index in [-0.39, 0.29) is 49.1 Å². The van der Waals surface area contributed by atoms with E-state index in [1.807, 2.05) is 0 Å². The first-order chi connectivity index (χ1) is 31.1. The van der Waals surface area contributed by atoms with Crippen molar-refractivity contribution in [1.82, 2.24) is 0 Å². The zero-order valence-corrected chi connectivity index (χ0v) is 41.9. The van der Waals surface area contributed by atoms with Gasteiger partial charge in [0, 0.05) is 19.3 Å². The Morgan fingerprint density at radius 1 is 0.484 bits per heavy atom. The summed E-state index contributed by atoms with van der Waals surface area (Å²) in [5.41, 5.74) is 0. The molecule has 0 aliphatic heterocycles. The van der Waals surface area contributed by atoms with Crippen LogP contribution in [-0.4, -0.2) is 75.5 Å². The number of unbranched alkanes of at least 4 members (excludes halogenated alkanes) is 20. The zero-order valence-electron chi connectivity index (χ0n) is 41.9. The molecule has 0 amide bonds. The van der Waals surface area contributed by atoms with Gasteiger partial charge in [-0.3, -0.25) is 9.59 Å². The second kappa shape index (κ2) is 46.3. The van der Waals surface area contributed by atoms with Crippen LogP contribution in [0.4, 0.5) is 0 Å². The molecule has 64 heavy (non-hydrogen) atoms. The van der Waals surface area contributed by atoms with Crippen LogP contribution in [0.5, 0.6) is 0 Å². The van der Waals surface area contributed by atoms with E-state index >= 15 is 0 Å². The van der Waals surface area contributed by atoms with Crippen LogP contribution in [-0.2, 0) is 28.6 Å². The van der Waals surface area contributed by atoms with Gasteiger partial charge in [0.1, 0.15) is 12.6 Å². The molecule has 368 valence electrons. The van der Waals surface area contributed by atoms with Gasteiger partial charge in [-0.05, 0) is 83.5 Å². The molecular formula is C56H97NO7. The number of esters is 2. The fourth-order valence-electron chi connectivity index (χ4n) is 7.33. The second-order valence-electron chi connectivity index (χ2n) is 18.4. The van der Waals surface area contributed by atoms with Crippen molar-refractivity contribution in [3.63, 3.8) is 0 Å². The van der Waals surface area contributed by atoms with Gasteiger partial charge in [-0.2, -0.15) is 0 Å². The molecule has 0 bridgehead atoms. The second-order valence-corrected chi connectivity index (χ2v) is 18.4. The van der Waals surface area contributed by atoms with Crippen molar-refractivity contribution in [2.24, 2.45) is 0 Å². The largest absolute Gasteiger partial charge is 0.544 e. The molecule has 2 atom stereocenters. The Morgan fingerprint density at radius 3 is 1.33 bits per heavy atom. The number of aliphatic carboxylic acids is 1. The summed E-state index contributed by atoms with van der Waals surface area (Å²) >= 11 is 0. The maximum absolute atomic E-state index is 12.8. The molecule has 8 heteroatoms. The number of carbonyl (C=O) groups is 3. The fourth-order valence-corrected chi connectivity index (χ4v) is 7.33. The minimum atomic E-state index is -1.13. The minimum Gasteiger partial charge on any atom is -0.544 e. The highest BCUT2D eigenvalue weighted by molar-refractivity contribution is 5.70. The Morgan fingerprint density at radius 2 is 0.875 bits per heavy atom. The van der Waals surface area contributed by atoms with E-state index < -0.39 is 18.1 Å². The van der Waals surface area contributed by atoms with Crippen LogP contribution >= 0.6 is 0 Å². The van der Waals surface area contributed by atoms with Gasteiger partial charge in [0.15, 0.2) is 6.10 Å². The quantitative estimate of drug-likeness (QED) is 0.0259. The lowest BCUT2D eigenvalue weighted by atomic mass is 10.1. The van der Waals surface area contributed by atoms with Crippen LogP contribution in [0.15, 0.2) is 72.9 Å². The lowest BCUT2D eigenvalue weighted by Crippen LogP contribution is -2.55. The highest BCUT2D eigenvalue weighted by Crippen LogP contribution is 2.14. The molecule has 8 nitrogen and oxygen atoms in total. The van der Waals surface area contributed by atoms with E-state index in [0.717, 1.165) is 70.6 Å². The molecular weight excluding hydrogens is 799 g/mol. The molecule has 0 radical (unpaired) electrons. The summed E-state index contributed by atoms with van der Waals surface area (Å²) in [4.78, 5) is 37.0. The highest BCUT2D eigenvalue weighted by atomic mass is 16.6. The lowest BCUT2D eigenvalue weighted by Gasteiger charge is -2.34. The molecule has 0 heterocycles. The summed E-state index contributed by atoms with van der Waals surface area (Å²) in [6.07, 6.45) is 59.4. The number of hydrogen-bond acceptors (Lipinski definition) is 7. The summed E-state index contributed by atoms with van der Waals surface area (Å²) in [5, 5.41) is 11.7. The monoisotopic (exact) mass is 896 g/mol. The van der Waals surface area contributed by atoms with Crippen molar-refractivity contribution in [3.05, 3.63) is 72.9 Å². The Kier molecular flexibility index (Phi) is 44.0. The van der Waals surface area contributed by atoms with Crippen LogP contribution in [0.25, 0.3) is 0 Å². The van der Waals surface area contributed by atoms with Crippen molar-refractivity contribution in [3.8, 4) is 0 Å². The van der Waals surface area contributed by atoms with Gasteiger partial charge in [0.05, 0.1) is 40.3 Å². The highest BCUT2D eigenvalue weighted by Gasteiger charge is 2.25. The van der Waals surface area contributed by atoms with Crippen LogP contribution in [0.3, 0.4) is 0 Å². The maximum atomic E-state index is 12.8. The number of carboxylic acid groups (broad SMARTS) is 1. The lowest BCUT2D eigenvalue weighted by molar-refractivity contribution is -0.889. The molecule has 0 spiro atoms. The van der Waals surface area contributed by atoms with Gasteiger partial charge >= 0.3 is 11.9 Å². The standard InChI is InChI=1S/C56H97NO7/c1-6-8-10-12-14-16-18-20-22-24-26-27-29-30-32-34-36-38-40-42-44-46-54(58)63-51-52(50-62-49-48-53(56(60)61)57(3,4)5)64-55(59)47-45-43-41-39-37-35-33-31-28-25-23-21-19-17-15-13-11-9-7-2/h9,11,15,17,21,23,27-29,31,35,37,52-53H,6-8,10,12-14,16,18-20,22,24-26,30,32-34,36,38-51H2,1-5H3/b11-9+,17-15+,23-21+,29-27+,31-28+,37-35+. The van der Waals surface area contributed by atoms with Gasteiger partial charge in [0.25, 0.3) is 0 Å². The van der Waals surface area contributed by atoms with Crippen LogP contribution in [0.1, 0.15) is 213 Å². The number of rotatable bonds is 46.